The number of amides is 1. The van der Waals surface area contributed by atoms with E-state index in [9.17, 15) is 13.2 Å². The Morgan fingerprint density at radius 3 is 2.48 bits per heavy atom. The molecule has 0 aliphatic rings. The summed E-state index contributed by atoms with van der Waals surface area (Å²) in [7, 11) is 0.574. The summed E-state index contributed by atoms with van der Waals surface area (Å²) < 4.78 is 23.6. The number of nitrogens with zero attached hydrogens (tertiary/aromatic N) is 3. The van der Waals surface area contributed by atoms with Gasteiger partial charge < -0.3 is 21.3 Å². The fraction of sp³-hybridized carbons (Fsp3) is 0.421. The van der Waals surface area contributed by atoms with E-state index in [2.05, 4.69) is 20.6 Å². The van der Waals surface area contributed by atoms with Crippen LogP contribution < -0.4 is 16.4 Å². The smallest absolute Gasteiger partial charge is 0.271 e. The van der Waals surface area contributed by atoms with Crippen LogP contribution in [0.5, 0.6) is 0 Å². The van der Waals surface area contributed by atoms with Gasteiger partial charge in [0.15, 0.2) is 27.2 Å². The van der Waals surface area contributed by atoms with Crippen molar-refractivity contribution in [3.8, 4) is 0 Å². The summed E-state index contributed by atoms with van der Waals surface area (Å²) in [6, 6.07) is 6.34. The molecule has 1 aromatic heterocycles. The number of benzene rings is 1. The van der Waals surface area contributed by atoms with E-state index in [1.165, 1.54) is 12.1 Å². The van der Waals surface area contributed by atoms with Gasteiger partial charge >= 0.3 is 0 Å². The number of nitrogens with one attached hydrogen (secondary N) is 2. The third-order valence-corrected chi connectivity index (χ3v) is 5.19. The average molecular weight is 421 g/mol. The standard InChI is InChI=1S/C19H28N6O3S/c1-6-15-18(21-12(2)11-25(3)4)24-19(16(23-15)17(20)26)22-13-8-7-9-14(10-13)29(5,27)28/h7-10,12H,6,11H2,1-5H3,(H2,20,26)(H2,21,22,24). The van der Waals surface area contributed by atoms with Crippen LogP contribution in [0.15, 0.2) is 29.2 Å². The molecule has 158 valence electrons. The summed E-state index contributed by atoms with van der Waals surface area (Å²) in [6.07, 6.45) is 1.69. The molecule has 1 aromatic carbocycles. The lowest BCUT2D eigenvalue weighted by molar-refractivity contribution is 0.0996. The highest BCUT2D eigenvalue weighted by atomic mass is 32.2. The molecule has 0 bridgehead atoms. The van der Waals surface area contributed by atoms with E-state index in [4.69, 9.17) is 5.73 Å². The maximum atomic E-state index is 11.9. The third-order valence-electron chi connectivity index (χ3n) is 4.08. The first kappa shape index (κ1) is 22.6. The minimum absolute atomic E-state index is 0.00239. The SMILES string of the molecule is CCc1nc(C(N)=O)c(Nc2cccc(S(C)(=O)=O)c2)nc1NC(C)CN(C)C. The molecule has 10 heteroatoms. The molecule has 0 saturated carbocycles. The molecule has 1 amide bonds. The minimum atomic E-state index is -3.38. The highest BCUT2D eigenvalue weighted by Crippen LogP contribution is 2.24. The van der Waals surface area contributed by atoms with Crippen LogP contribution >= 0.6 is 0 Å². The van der Waals surface area contributed by atoms with Crippen molar-refractivity contribution in [1.82, 2.24) is 14.9 Å². The summed E-state index contributed by atoms with van der Waals surface area (Å²) in [6.45, 7) is 4.71. The molecule has 0 spiro atoms. The second kappa shape index (κ2) is 9.19. The zero-order valence-electron chi connectivity index (χ0n) is 17.4. The topological polar surface area (TPSA) is 130 Å². The van der Waals surface area contributed by atoms with E-state index < -0.39 is 15.7 Å². The Bertz CT molecular complexity index is 991. The van der Waals surface area contributed by atoms with Crippen molar-refractivity contribution in [2.24, 2.45) is 5.73 Å². The fourth-order valence-corrected chi connectivity index (χ4v) is 3.53. The highest BCUT2D eigenvalue weighted by Gasteiger charge is 2.19. The van der Waals surface area contributed by atoms with Crippen molar-refractivity contribution in [3.05, 3.63) is 35.7 Å². The van der Waals surface area contributed by atoms with Gasteiger partial charge in [-0.25, -0.2) is 18.4 Å². The third kappa shape index (κ3) is 6.13. The molecule has 1 unspecified atom stereocenters. The lowest BCUT2D eigenvalue weighted by Crippen LogP contribution is -2.31. The first-order valence-electron chi connectivity index (χ1n) is 9.20. The number of sulfone groups is 1. The Hall–Kier alpha value is -2.72. The van der Waals surface area contributed by atoms with Gasteiger partial charge in [0, 0.05) is 24.5 Å². The van der Waals surface area contributed by atoms with E-state index in [0.29, 0.717) is 23.6 Å². The maximum Gasteiger partial charge on any atom is 0.271 e. The Morgan fingerprint density at radius 2 is 1.93 bits per heavy atom. The largest absolute Gasteiger partial charge is 0.365 e. The van der Waals surface area contributed by atoms with Gasteiger partial charge in [-0.1, -0.05) is 13.0 Å². The number of carbonyl (C=O) groups excluding carboxylic acids is 1. The number of hydrogen-bond acceptors (Lipinski definition) is 8. The molecule has 29 heavy (non-hydrogen) atoms. The number of carbonyl (C=O) groups is 1. The molecule has 2 rings (SSSR count). The number of likely N-dealkylation sites (N-methyl/N-ethyl adjacent to an activating group) is 1. The monoisotopic (exact) mass is 420 g/mol. The summed E-state index contributed by atoms with van der Waals surface area (Å²) in [4.78, 5) is 23.1. The van der Waals surface area contributed by atoms with Crippen LogP contribution in [0.2, 0.25) is 0 Å². The van der Waals surface area contributed by atoms with Gasteiger partial charge in [0.2, 0.25) is 0 Å². The predicted octanol–water partition coefficient (Wildman–Crippen LogP) is 1.65. The second-order valence-electron chi connectivity index (χ2n) is 7.17. The first-order valence-corrected chi connectivity index (χ1v) is 11.1. The normalized spacial score (nSPS) is 12.6. The summed E-state index contributed by atoms with van der Waals surface area (Å²) in [5.74, 6) is -0.00428. The number of anilines is 3. The minimum Gasteiger partial charge on any atom is -0.365 e. The van der Waals surface area contributed by atoms with E-state index in [1.54, 1.807) is 12.1 Å². The fourth-order valence-electron chi connectivity index (χ4n) is 2.86. The number of rotatable bonds is 9. The van der Waals surface area contributed by atoms with Crippen LogP contribution in [0.1, 0.15) is 30.0 Å². The Kier molecular flexibility index (Phi) is 7.15. The maximum absolute atomic E-state index is 11.9. The van der Waals surface area contributed by atoms with Gasteiger partial charge in [-0.15, -0.1) is 0 Å². The summed E-state index contributed by atoms with van der Waals surface area (Å²) in [5, 5.41) is 6.30. The number of nitrogens with two attached hydrogens (primary N) is 1. The first-order chi connectivity index (χ1) is 13.5. The number of aromatic nitrogens is 2. The van der Waals surface area contributed by atoms with Crippen molar-refractivity contribution in [1.29, 1.82) is 0 Å². The van der Waals surface area contributed by atoms with Crippen LogP contribution in [-0.2, 0) is 16.3 Å². The molecule has 0 aliphatic carbocycles. The van der Waals surface area contributed by atoms with Crippen molar-refractivity contribution >= 4 is 33.1 Å². The van der Waals surface area contributed by atoms with Crippen LogP contribution in [-0.4, -0.2) is 62.1 Å². The molecule has 1 atom stereocenters. The molecular formula is C19H28N6O3S. The van der Waals surface area contributed by atoms with Crippen LogP contribution in [0, 0.1) is 0 Å². The molecule has 1 heterocycles. The summed E-state index contributed by atoms with van der Waals surface area (Å²) >= 11 is 0. The van der Waals surface area contributed by atoms with Crippen molar-refractivity contribution in [2.45, 2.75) is 31.2 Å². The lowest BCUT2D eigenvalue weighted by atomic mass is 10.2. The lowest BCUT2D eigenvalue weighted by Gasteiger charge is -2.21. The number of aryl methyl sites for hydroxylation is 1. The van der Waals surface area contributed by atoms with Gasteiger partial charge in [0.1, 0.15) is 0 Å². The quantitative estimate of drug-likeness (QED) is 0.558. The Morgan fingerprint density at radius 1 is 1.24 bits per heavy atom. The van der Waals surface area contributed by atoms with Gasteiger partial charge in [-0.3, -0.25) is 4.79 Å². The van der Waals surface area contributed by atoms with Crippen LogP contribution in [0.4, 0.5) is 17.3 Å². The predicted molar refractivity (Wildman–Crippen MR) is 114 cm³/mol. The summed E-state index contributed by atoms with van der Waals surface area (Å²) in [5.41, 5.74) is 6.59. The zero-order chi connectivity index (χ0) is 21.8. The van der Waals surface area contributed by atoms with Gasteiger partial charge in [0.25, 0.3) is 5.91 Å². The number of primary amides is 1. The van der Waals surface area contributed by atoms with E-state index >= 15 is 0 Å². The second-order valence-corrected chi connectivity index (χ2v) is 9.18. The molecule has 0 saturated heterocycles. The highest BCUT2D eigenvalue weighted by molar-refractivity contribution is 7.90. The zero-order valence-corrected chi connectivity index (χ0v) is 18.2. The molecule has 0 radical (unpaired) electrons. The number of hydrogen-bond donors (Lipinski definition) is 3. The molecular weight excluding hydrogens is 392 g/mol. The van der Waals surface area contributed by atoms with Crippen molar-refractivity contribution in [3.63, 3.8) is 0 Å². The van der Waals surface area contributed by atoms with E-state index in [-0.39, 0.29) is 22.4 Å². The van der Waals surface area contributed by atoms with E-state index in [1.807, 2.05) is 32.8 Å². The molecule has 2 aromatic rings. The van der Waals surface area contributed by atoms with Crippen LogP contribution in [0.3, 0.4) is 0 Å². The molecule has 4 N–H and O–H groups in total. The van der Waals surface area contributed by atoms with E-state index in [0.717, 1.165) is 12.8 Å². The van der Waals surface area contributed by atoms with Gasteiger partial charge in [-0.05, 0) is 45.6 Å². The van der Waals surface area contributed by atoms with Gasteiger partial charge in [-0.2, -0.15) is 0 Å². The average Bonchev–Trinajstić information content (AvgIpc) is 2.60. The molecule has 0 aliphatic heterocycles. The molecule has 0 fully saturated rings. The Labute approximate surface area is 171 Å². The van der Waals surface area contributed by atoms with Crippen molar-refractivity contribution < 1.29 is 13.2 Å². The van der Waals surface area contributed by atoms with Crippen LogP contribution in [0.25, 0.3) is 0 Å². The Balaban J connectivity index is 2.46. The molecule has 9 nitrogen and oxygen atoms in total. The van der Waals surface area contributed by atoms with Gasteiger partial charge in [0.05, 0.1) is 10.6 Å². The van der Waals surface area contributed by atoms with Crippen molar-refractivity contribution in [2.75, 3.05) is 37.5 Å².